The van der Waals surface area contributed by atoms with Gasteiger partial charge in [-0.05, 0) is 32.6 Å². The molecule has 1 aliphatic heterocycles. The van der Waals surface area contributed by atoms with Crippen molar-refractivity contribution in [3.8, 4) is 5.88 Å². The molecule has 3 heterocycles. The SMILES string of the molecule is Cc1ncc(C)c(OCC2CCN(c3nc(C(F)(F)F)cn3C)CC2)n1. The number of aromatic nitrogens is 4. The van der Waals surface area contributed by atoms with Crippen molar-refractivity contribution in [3.63, 3.8) is 0 Å². The van der Waals surface area contributed by atoms with Crippen LogP contribution in [0.15, 0.2) is 12.4 Å². The minimum absolute atomic E-state index is 0.336. The van der Waals surface area contributed by atoms with Gasteiger partial charge in [-0.1, -0.05) is 0 Å². The van der Waals surface area contributed by atoms with Crippen molar-refractivity contribution in [2.24, 2.45) is 13.0 Å². The topological polar surface area (TPSA) is 56.1 Å². The molecule has 0 spiro atoms. The van der Waals surface area contributed by atoms with Crippen LogP contribution in [0.5, 0.6) is 5.88 Å². The second-order valence-corrected chi connectivity index (χ2v) is 6.68. The van der Waals surface area contributed by atoms with E-state index in [0.29, 0.717) is 43.3 Å². The first-order valence-electron chi connectivity index (χ1n) is 8.52. The highest BCUT2D eigenvalue weighted by atomic mass is 19.4. The van der Waals surface area contributed by atoms with Crippen molar-refractivity contribution in [1.29, 1.82) is 0 Å². The Morgan fingerprint density at radius 3 is 2.50 bits per heavy atom. The molecular formula is C17H22F3N5O. The predicted octanol–water partition coefficient (Wildman–Crippen LogP) is 3.14. The average molecular weight is 369 g/mol. The summed E-state index contributed by atoms with van der Waals surface area (Å²) in [6.07, 6.45) is 0.00861. The Balaban J connectivity index is 1.56. The van der Waals surface area contributed by atoms with Gasteiger partial charge in [0.05, 0.1) is 6.61 Å². The summed E-state index contributed by atoms with van der Waals surface area (Å²) in [6, 6.07) is 0. The maximum absolute atomic E-state index is 12.8. The number of piperidine rings is 1. The van der Waals surface area contributed by atoms with Crippen molar-refractivity contribution in [2.45, 2.75) is 32.9 Å². The Hall–Kier alpha value is -2.32. The first-order valence-corrected chi connectivity index (χ1v) is 8.52. The highest BCUT2D eigenvalue weighted by Gasteiger charge is 2.35. The Labute approximate surface area is 150 Å². The van der Waals surface area contributed by atoms with Gasteiger partial charge in [0.15, 0.2) is 5.69 Å². The lowest BCUT2D eigenvalue weighted by Gasteiger charge is -2.32. The molecule has 1 aliphatic rings. The summed E-state index contributed by atoms with van der Waals surface area (Å²) in [4.78, 5) is 14.1. The summed E-state index contributed by atoms with van der Waals surface area (Å²) in [5.41, 5.74) is 0.0378. The van der Waals surface area contributed by atoms with E-state index in [1.165, 1.54) is 4.57 Å². The van der Waals surface area contributed by atoms with E-state index in [-0.39, 0.29) is 0 Å². The van der Waals surface area contributed by atoms with Crippen LogP contribution in [0.25, 0.3) is 0 Å². The Morgan fingerprint density at radius 2 is 1.88 bits per heavy atom. The molecule has 0 aliphatic carbocycles. The summed E-state index contributed by atoms with van der Waals surface area (Å²) < 4.78 is 45.7. The standard InChI is InChI=1S/C17H22F3N5O/c1-11-8-21-12(2)22-15(11)26-10-13-4-6-25(7-5-13)16-23-14(9-24(16)3)17(18,19)20/h8-9,13H,4-7,10H2,1-3H3. The van der Waals surface area contributed by atoms with Crippen LogP contribution in [0.1, 0.15) is 29.9 Å². The molecule has 0 N–H and O–H groups in total. The minimum Gasteiger partial charge on any atom is -0.477 e. The molecular weight excluding hydrogens is 347 g/mol. The lowest BCUT2D eigenvalue weighted by molar-refractivity contribution is -0.140. The molecule has 1 saturated heterocycles. The van der Waals surface area contributed by atoms with Crippen LogP contribution in [0, 0.1) is 19.8 Å². The third-order valence-corrected chi connectivity index (χ3v) is 4.54. The lowest BCUT2D eigenvalue weighted by Crippen LogP contribution is -2.37. The molecule has 0 aromatic carbocycles. The largest absolute Gasteiger partial charge is 0.477 e. The van der Waals surface area contributed by atoms with Gasteiger partial charge in [0.25, 0.3) is 0 Å². The molecule has 0 saturated carbocycles. The second kappa shape index (κ2) is 7.13. The molecule has 6 nitrogen and oxygen atoms in total. The van der Waals surface area contributed by atoms with E-state index in [9.17, 15) is 13.2 Å². The van der Waals surface area contributed by atoms with E-state index in [0.717, 1.165) is 24.6 Å². The Morgan fingerprint density at radius 1 is 1.19 bits per heavy atom. The van der Waals surface area contributed by atoms with Crippen LogP contribution >= 0.6 is 0 Å². The van der Waals surface area contributed by atoms with Gasteiger partial charge in [-0.25, -0.2) is 9.97 Å². The number of imidazole rings is 1. The molecule has 9 heteroatoms. The van der Waals surface area contributed by atoms with Gasteiger partial charge in [-0.3, -0.25) is 0 Å². The number of nitrogens with zero attached hydrogens (tertiary/aromatic N) is 5. The molecule has 0 amide bonds. The molecule has 2 aromatic rings. The number of hydrogen-bond acceptors (Lipinski definition) is 5. The lowest BCUT2D eigenvalue weighted by atomic mass is 9.98. The monoisotopic (exact) mass is 369 g/mol. The van der Waals surface area contributed by atoms with E-state index in [4.69, 9.17) is 4.74 Å². The fourth-order valence-electron chi connectivity index (χ4n) is 3.04. The Kier molecular flexibility index (Phi) is 5.06. The number of aryl methyl sites for hydroxylation is 3. The summed E-state index contributed by atoms with van der Waals surface area (Å²) in [5.74, 6) is 1.96. The molecule has 26 heavy (non-hydrogen) atoms. The number of rotatable bonds is 4. The van der Waals surface area contributed by atoms with Crippen LogP contribution in [-0.2, 0) is 13.2 Å². The van der Waals surface area contributed by atoms with Crippen molar-refractivity contribution in [3.05, 3.63) is 29.5 Å². The molecule has 0 radical (unpaired) electrons. The highest BCUT2D eigenvalue weighted by Crippen LogP contribution is 2.31. The van der Waals surface area contributed by atoms with E-state index in [1.807, 2.05) is 18.7 Å². The molecule has 1 fully saturated rings. The fraction of sp³-hybridized carbons (Fsp3) is 0.588. The molecule has 2 aromatic heterocycles. The van der Waals surface area contributed by atoms with Gasteiger partial charge < -0.3 is 14.2 Å². The zero-order valence-corrected chi connectivity index (χ0v) is 15.0. The number of hydrogen-bond donors (Lipinski definition) is 0. The minimum atomic E-state index is -4.42. The summed E-state index contributed by atoms with van der Waals surface area (Å²) in [7, 11) is 1.59. The van der Waals surface area contributed by atoms with Crippen molar-refractivity contribution in [1.82, 2.24) is 19.5 Å². The molecule has 3 rings (SSSR count). The quantitative estimate of drug-likeness (QED) is 0.829. The predicted molar refractivity (Wildman–Crippen MR) is 90.1 cm³/mol. The van der Waals surface area contributed by atoms with Gasteiger partial charge in [0, 0.05) is 38.1 Å². The van der Waals surface area contributed by atoms with Crippen LogP contribution in [0.2, 0.25) is 0 Å². The van der Waals surface area contributed by atoms with Gasteiger partial charge in [0.1, 0.15) is 5.82 Å². The zero-order valence-electron chi connectivity index (χ0n) is 15.0. The van der Waals surface area contributed by atoms with Gasteiger partial charge >= 0.3 is 6.18 Å². The maximum atomic E-state index is 12.8. The van der Waals surface area contributed by atoms with Crippen molar-refractivity contribution in [2.75, 3.05) is 24.6 Å². The van der Waals surface area contributed by atoms with E-state index in [2.05, 4.69) is 15.0 Å². The van der Waals surface area contributed by atoms with Gasteiger partial charge in [0.2, 0.25) is 11.8 Å². The van der Waals surface area contributed by atoms with Crippen LogP contribution in [0.3, 0.4) is 0 Å². The number of halogens is 3. The summed E-state index contributed by atoms with van der Waals surface area (Å²) >= 11 is 0. The molecule has 0 unspecified atom stereocenters. The van der Waals surface area contributed by atoms with E-state index in [1.54, 1.807) is 13.2 Å². The average Bonchev–Trinajstić information content (AvgIpc) is 2.98. The third kappa shape index (κ3) is 4.08. The Bertz CT molecular complexity index is 766. The van der Waals surface area contributed by atoms with E-state index >= 15 is 0 Å². The van der Waals surface area contributed by atoms with Gasteiger partial charge in [-0.2, -0.15) is 18.2 Å². The molecule has 0 atom stereocenters. The number of alkyl halides is 3. The summed E-state index contributed by atoms with van der Waals surface area (Å²) in [5, 5.41) is 0. The van der Waals surface area contributed by atoms with Crippen molar-refractivity contribution >= 4 is 5.95 Å². The third-order valence-electron chi connectivity index (χ3n) is 4.54. The highest BCUT2D eigenvalue weighted by molar-refractivity contribution is 5.34. The maximum Gasteiger partial charge on any atom is 0.434 e. The van der Waals surface area contributed by atoms with Crippen molar-refractivity contribution < 1.29 is 17.9 Å². The molecule has 142 valence electrons. The summed E-state index contributed by atoms with van der Waals surface area (Å²) in [6.45, 7) is 5.55. The van der Waals surface area contributed by atoms with Gasteiger partial charge in [-0.15, -0.1) is 0 Å². The van der Waals surface area contributed by atoms with Crippen LogP contribution < -0.4 is 9.64 Å². The molecule has 0 bridgehead atoms. The second-order valence-electron chi connectivity index (χ2n) is 6.68. The zero-order chi connectivity index (χ0) is 18.9. The van der Waals surface area contributed by atoms with Crippen LogP contribution in [0.4, 0.5) is 19.1 Å². The van der Waals surface area contributed by atoms with E-state index < -0.39 is 11.9 Å². The first kappa shape index (κ1) is 18.5. The number of anilines is 1. The smallest absolute Gasteiger partial charge is 0.434 e. The normalized spacial score (nSPS) is 16.2. The van der Waals surface area contributed by atoms with Crippen LogP contribution in [-0.4, -0.2) is 39.2 Å². The number of ether oxygens (including phenoxy) is 1. The fourth-order valence-corrected chi connectivity index (χ4v) is 3.04. The first-order chi connectivity index (χ1) is 12.2.